The Labute approximate surface area is 226 Å². The molecule has 9 nitrogen and oxygen atoms in total. The number of piperazine rings is 1. The number of rotatable bonds is 6. The second-order valence-electron chi connectivity index (χ2n) is 9.28. The van der Waals surface area contributed by atoms with Crippen molar-refractivity contribution in [2.45, 2.75) is 6.04 Å². The second-order valence-corrected chi connectivity index (χ2v) is 10.1. The van der Waals surface area contributed by atoms with Gasteiger partial charge >= 0.3 is 0 Å². The number of hydrogen-bond acceptors (Lipinski definition) is 8. The summed E-state index contributed by atoms with van der Waals surface area (Å²) < 4.78 is 5.38. The van der Waals surface area contributed by atoms with Gasteiger partial charge in [-0.25, -0.2) is 4.98 Å². The van der Waals surface area contributed by atoms with Crippen molar-refractivity contribution >= 4 is 57.9 Å². The van der Waals surface area contributed by atoms with Gasteiger partial charge in [-0.2, -0.15) is 4.98 Å². The predicted octanol–water partition coefficient (Wildman–Crippen LogP) is 4.35. The topological polar surface area (TPSA) is 77.1 Å². The third-order valence-corrected chi connectivity index (χ3v) is 7.40. The molecule has 37 heavy (non-hydrogen) atoms. The first-order chi connectivity index (χ1) is 17.9. The van der Waals surface area contributed by atoms with Gasteiger partial charge in [0.15, 0.2) is 0 Å². The fourth-order valence-corrected chi connectivity index (χ4v) is 5.32. The first-order valence-electron chi connectivity index (χ1n) is 12.0. The summed E-state index contributed by atoms with van der Waals surface area (Å²) in [5.41, 5.74) is 2.88. The quantitative estimate of drug-likeness (QED) is 0.493. The van der Waals surface area contributed by atoms with Gasteiger partial charge in [0.2, 0.25) is 5.95 Å². The van der Waals surface area contributed by atoms with Crippen molar-refractivity contribution < 1.29 is 9.53 Å². The number of carbonyl (C=O) groups is 1. The van der Waals surface area contributed by atoms with Gasteiger partial charge in [0.25, 0.3) is 5.91 Å². The number of ether oxygens (including phenoxy) is 1. The normalized spacial score (nSPS) is 18.2. The van der Waals surface area contributed by atoms with E-state index in [1.807, 2.05) is 24.1 Å². The standard InChI is InChI=1S/C26H29Cl2N7O2/c1-32-11-12-34(14-19(32)15-37-3)18-9-7-17(8-10-18)30-26-29-13-20-24(31-26)33(2)16-35(25(20)36)23-21(27)5-4-6-22(23)28/h4-10,13,19H,11-12,14-16H2,1-3H3,(H,29,30,31). The van der Waals surface area contributed by atoms with E-state index < -0.39 is 0 Å². The molecule has 0 saturated carbocycles. The average Bonchev–Trinajstić information content (AvgIpc) is 2.89. The number of aromatic nitrogens is 2. The van der Waals surface area contributed by atoms with Gasteiger partial charge in [0.1, 0.15) is 11.4 Å². The minimum Gasteiger partial charge on any atom is -0.383 e. The molecule has 1 atom stereocenters. The van der Waals surface area contributed by atoms with Crippen molar-refractivity contribution in [2.24, 2.45) is 0 Å². The van der Waals surface area contributed by atoms with Crippen LogP contribution in [0.5, 0.6) is 0 Å². The number of para-hydroxylation sites is 1. The van der Waals surface area contributed by atoms with Crippen LogP contribution in [0.4, 0.5) is 28.8 Å². The molecule has 1 fully saturated rings. The fourth-order valence-electron chi connectivity index (χ4n) is 4.72. The lowest BCUT2D eigenvalue weighted by molar-refractivity contribution is 0.0981. The Morgan fingerprint density at radius 3 is 2.51 bits per heavy atom. The first-order valence-corrected chi connectivity index (χ1v) is 12.8. The molecule has 3 aromatic rings. The molecule has 1 N–H and O–H groups in total. The first kappa shape index (κ1) is 25.5. The number of amides is 1. The lowest BCUT2D eigenvalue weighted by atomic mass is 10.1. The summed E-state index contributed by atoms with van der Waals surface area (Å²) in [6, 6.07) is 13.7. The van der Waals surface area contributed by atoms with Crippen LogP contribution in [0.3, 0.4) is 0 Å². The number of benzene rings is 2. The summed E-state index contributed by atoms with van der Waals surface area (Å²) in [4.78, 5) is 30.4. The van der Waals surface area contributed by atoms with Crippen LogP contribution >= 0.6 is 23.2 Å². The number of fused-ring (bicyclic) bond motifs is 1. The molecule has 5 rings (SSSR count). The van der Waals surface area contributed by atoms with Crippen LogP contribution < -0.4 is 20.0 Å². The van der Waals surface area contributed by atoms with Crippen molar-refractivity contribution in [3.63, 3.8) is 0 Å². The Balaban J connectivity index is 1.31. The van der Waals surface area contributed by atoms with Crippen LogP contribution in [-0.2, 0) is 4.74 Å². The fraction of sp³-hybridized carbons (Fsp3) is 0.346. The molecule has 0 spiro atoms. The molecule has 1 unspecified atom stereocenters. The lowest BCUT2D eigenvalue weighted by Gasteiger charge is -2.40. The Kier molecular flexibility index (Phi) is 7.39. The Bertz CT molecular complexity index is 1270. The Hall–Kier alpha value is -3.11. The van der Waals surface area contributed by atoms with Crippen molar-refractivity contribution in [2.75, 3.05) is 74.1 Å². The number of nitrogens with zero attached hydrogens (tertiary/aromatic N) is 6. The summed E-state index contributed by atoms with van der Waals surface area (Å²) in [6.45, 7) is 3.84. The number of nitrogens with one attached hydrogen (secondary N) is 1. The second kappa shape index (κ2) is 10.7. The molecular formula is C26H29Cl2N7O2. The van der Waals surface area contributed by atoms with E-state index in [0.29, 0.717) is 45.7 Å². The van der Waals surface area contributed by atoms with E-state index >= 15 is 0 Å². The number of halogens is 2. The number of methoxy groups -OCH3 is 1. The molecule has 1 aromatic heterocycles. The maximum atomic E-state index is 13.3. The predicted molar refractivity (Wildman–Crippen MR) is 149 cm³/mol. The highest BCUT2D eigenvalue weighted by Crippen LogP contribution is 2.37. The minimum atomic E-state index is -0.252. The zero-order chi connectivity index (χ0) is 26.1. The summed E-state index contributed by atoms with van der Waals surface area (Å²) >= 11 is 12.7. The van der Waals surface area contributed by atoms with E-state index in [9.17, 15) is 4.79 Å². The van der Waals surface area contributed by atoms with Gasteiger partial charge in [-0.05, 0) is 43.4 Å². The van der Waals surface area contributed by atoms with E-state index in [-0.39, 0.29) is 12.6 Å². The van der Waals surface area contributed by atoms with E-state index in [2.05, 4.69) is 44.3 Å². The maximum Gasteiger partial charge on any atom is 0.265 e. The highest BCUT2D eigenvalue weighted by atomic mass is 35.5. The molecule has 11 heteroatoms. The highest BCUT2D eigenvalue weighted by Gasteiger charge is 2.32. The van der Waals surface area contributed by atoms with Gasteiger partial charge in [-0.3, -0.25) is 14.6 Å². The van der Waals surface area contributed by atoms with Crippen molar-refractivity contribution in [1.82, 2.24) is 14.9 Å². The van der Waals surface area contributed by atoms with E-state index in [1.54, 1.807) is 25.3 Å². The molecule has 2 aliphatic rings. The van der Waals surface area contributed by atoms with Crippen molar-refractivity contribution in [3.05, 3.63) is 64.3 Å². The summed E-state index contributed by atoms with van der Waals surface area (Å²) in [6.07, 6.45) is 1.54. The minimum absolute atomic E-state index is 0.252. The van der Waals surface area contributed by atoms with Crippen LogP contribution in [0.1, 0.15) is 10.4 Å². The lowest BCUT2D eigenvalue weighted by Crippen LogP contribution is -2.53. The number of hydrogen-bond donors (Lipinski definition) is 1. The molecule has 0 bridgehead atoms. The van der Waals surface area contributed by atoms with E-state index in [0.717, 1.165) is 31.0 Å². The summed E-state index contributed by atoms with van der Waals surface area (Å²) in [7, 11) is 5.75. The monoisotopic (exact) mass is 541 g/mol. The zero-order valence-electron chi connectivity index (χ0n) is 21.0. The summed E-state index contributed by atoms with van der Waals surface area (Å²) in [5.74, 6) is 0.702. The van der Waals surface area contributed by atoms with Gasteiger partial charge in [-0.15, -0.1) is 0 Å². The van der Waals surface area contributed by atoms with Crippen molar-refractivity contribution in [3.8, 4) is 0 Å². The molecule has 2 aromatic carbocycles. The van der Waals surface area contributed by atoms with Crippen LogP contribution in [0, 0.1) is 0 Å². The Morgan fingerprint density at radius 1 is 1.08 bits per heavy atom. The van der Waals surface area contributed by atoms with E-state index in [1.165, 1.54) is 11.1 Å². The molecule has 0 aliphatic carbocycles. The average molecular weight is 542 g/mol. The largest absolute Gasteiger partial charge is 0.383 e. The highest BCUT2D eigenvalue weighted by molar-refractivity contribution is 6.40. The van der Waals surface area contributed by atoms with Gasteiger partial charge in [0, 0.05) is 51.4 Å². The molecule has 0 radical (unpaired) electrons. The number of carbonyl (C=O) groups excluding carboxylic acids is 1. The molecular weight excluding hydrogens is 513 g/mol. The van der Waals surface area contributed by atoms with Gasteiger partial charge in [0.05, 0.1) is 35.1 Å². The number of likely N-dealkylation sites (N-methyl/N-ethyl adjacent to an activating group) is 1. The summed E-state index contributed by atoms with van der Waals surface area (Å²) in [5, 5.41) is 4.07. The molecule has 2 aliphatic heterocycles. The zero-order valence-corrected chi connectivity index (χ0v) is 22.5. The molecule has 3 heterocycles. The van der Waals surface area contributed by atoms with Crippen LogP contribution in [0.25, 0.3) is 0 Å². The molecule has 1 saturated heterocycles. The van der Waals surface area contributed by atoms with Gasteiger partial charge < -0.3 is 19.9 Å². The Morgan fingerprint density at radius 2 is 1.81 bits per heavy atom. The van der Waals surface area contributed by atoms with Gasteiger partial charge in [-0.1, -0.05) is 29.3 Å². The third-order valence-electron chi connectivity index (χ3n) is 6.79. The van der Waals surface area contributed by atoms with Crippen molar-refractivity contribution in [1.29, 1.82) is 0 Å². The molecule has 1 amide bonds. The smallest absolute Gasteiger partial charge is 0.265 e. The number of anilines is 5. The maximum absolute atomic E-state index is 13.3. The SMILES string of the molecule is COCC1CN(c2ccc(Nc3ncc4c(n3)N(C)CN(c3c(Cl)cccc3Cl)C4=O)cc2)CCN1C. The van der Waals surface area contributed by atoms with Crippen LogP contribution in [-0.4, -0.2) is 80.9 Å². The van der Waals surface area contributed by atoms with Crippen LogP contribution in [0.2, 0.25) is 10.0 Å². The molecule has 194 valence electrons. The third kappa shape index (κ3) is 5.17. The van der Waals surface area contributed by atoms with Crippen LogP contribution in [0.15, 0.2) is 48.7 Å². The van der Waals surface area contributed by atoms with E-state index in [4.69, 9.17) is 27.9 Å².